The first-order valence-electron chi connectivity index (χ1n) is 11.0. The van der Waals surface area contributed by atoms with Gasteiger partial charge in [-0.1, -0.05) is 61.5 Å². The molecule has 0 atom stereocenters. The van der Waals surface area contributed by atoms with E-state index in [1.54, 1.807) is 0 Å². The summed E-state index contributed by atoms with van der Waals surface area (Å²) >= 11 is 0. The van der Waals surface area contributed by atoms with Crippen molar-refractivity contribution in [2.24, 2.45) is 0 Å². The molecule has 0 fully saturated rings. The van der Waals surface area contributed by atoms with Gasteiger partial charge in [-0.05, 0) is 25.2 Å². The summed E-state index contributed by atoms with van der Waals surface area (Å²) in [6.45, 7) is 7.92. The van der Waals surface area contributed by atoms with Crippen molar-refractivity contribution in [3.8, 4) is 11.4 Å². The predicted octanol–water partition coefficient (Wildman–Crippen LogP) is 4.00. The lowest BCUT2D eigenvalue weighted by molar-refractivity contribution is -0.116. The summed E-state index contributed by atoms with van der Waals surface area (Å²) in [7, 11) is 0. The van der Waals surface area contributed by atoms with Crippen LogP contribution in [0.2, 0.25) is 0 Å². The fourth-order valence-corrected chi connectivity index (χ4v) is 3.65. The monoisotopic (exact) mass is 432 g/mol. The minimum atomic E-state index is -0.135. The zero-order chi connectivity index (χ0) is 22.3. The van der Waals surface area contributed by atoms with Crippen LogP contribution in [0.4, 0.5) is 5.95 Å². The Hall–Kier alpha value is -3.52. The van der Waals surface area contributed by atoms with Crippen LogP contribution in [0.25, 0.3) is 22.4 Å². The first-order chi connectivity index (χ1) is 15.7. The Kier molecular flexibility index (Phi) is 6.91. The van der Waals surface area contributed by atoms with Crippen LogP contribution >= 0.6 is 0 Å². The highest BCUT2D eigenvalue weighted by Crippen LogP contribution is 2.20. The maximum absolute atomic E-state index is 12.7. The smallest absolute Gasteiger partial charge is 0.227 e. The zero-order valence-electron chi connectivity index (χ0n) is 18.5. The molecule has 0 aliphatic rings. The minimum absolute atomic E-state index is 0.135. The third-order valence-electron chi connectivity index (χ3n) is 5.51. The van der Waals surface area contributed by atoms with E-state index in [0.717, 1.165) is 42.8 Å². The van der Waals surface area contributed by atoms with Gasteiger partial charge < -0.3 is 14.0 Å². The number of hydrogen-bond acceptors (Lipinski definition) is 6. The van der Waals surface area contributed by atoms with Crippen molar-refractivity contribution < 1.29 is 9.32 Å². The maximum atomic E-state index is 12.7. The van der Waals surface area contributed by atoms with Crippen molar-refractivity contribution in [3.63, 3.8) is 0 Å². The number of imidazole rings is 1. The molecule has 0 unspecified atom stereocenters. The van der Waals surface area contributed by atoms with Gasteiger partial charge in [0.25, 0.3) is 0 Å². The first kappa shape index (κ1) is 21.7. The third-order valence-corrected chi connectivity index (χ3v) is 5.51. The number of nitrogens with one attached hydrogen (secondary N) is 1. The van der Waals surface area contributed by atoms with Gasteiger partial charge in [-0.25, -0.2) is 4.98 Å². The Balaban J connectivity index is 1.42. The molecule has 1 N–H and O–H groups in total. The van der Waals surface area contributed by atoms with E-state index in [0.29, 0.717) is 24.1 Å². The van der Waals surface area contributed by atoms with E-state index in [-0.39, 0.29) is 12.3 Å². The number of nitrogens with zero attached hydrogens (tertiary/aromatic N) is 5. The van der Waals surface area contributed by atoms with Crippen molar-refractivity contribution in [2.75, 3.05) is 25.0 Å². The van der Waals surface area contributed by atoms with E-state index in [4.69, 9.17) is 4.52 Å². The molecular weight excluding hydrogens is 404 g/mol. The normalized spacial score (nSPS) is 11.3. The van der Waals surface area contributed by atoms with Gasteiger partial charge in [0.05, 0.1) is 11.0 Å². The molecule has 0 bridgehead atoms. The number of anilines is 1. The number of aromatic nitrogens is 4. The largest absolute Gasteiger partial charge is 0.339 e. The van der Waals surface area contributed by atoms with Crippen LogP contribution in [0.1, 0.15) is 26.2 Å². The second-order valence-electron chi connectivity index (χ2n) is 7.53. The van der Waals surface area contributed by atoms with Gasteiger partial charge >= 0.3 is 0 Å². The lowest BCUT2D eigenvalue weighted by Gasteiger charge is -2.19. The summed E-state index contributed by atoms with van der Waals surface area (Å²) in [5.74, 6) is 1.40. The Morgan fingerprint density at radius 2 is 1.78 bits per heavy atom. The van der Waals surface area contributed by atoms with Crippen molar-refractivity contribution in [1.29, 1.82) is 0 Å². The van der Waals surface area contributed by atoms with Gasteiger partial charge in [0.15, 0.2) is 0 Å². The van der Waals surface area contributed by atoms with Crippen LogP contribution < -0.4 is 5.32 Å². The number of likely N-dealkylation sites (N-methyl/N-ethyl adjacent to an activating group) is 1. The number of benzene rings is 2. The second-order valence-corrected chi connectivity index (χ2v) is 7.53. The Labute approximate surface area is 187 Å². The Morgan fingerprint density at radius 3 is 2.56 bits per heavy atom. The summed E-state index contributed by atoms with van der Waals surface area (Å²) in [6.07, 6.45) is 0.598. The second kappa shape index (κ2) is 10.2. The Bertz CT molecular complexity index is 1160. The molecule has 4 aromatic rings. The number of hydrogen-bond donors (Lipinski definition) is 1. The van der Waals surface area contributed by atoms with Crippen LogP contribution in [0.5, 0.6) is 0 Å². The maximum Gasteiger partial charge on any atom is 0.227 e. The Morgan fingerprint density at radius 1 is 1.03 bits per heavy atom. The summed E-state index contributed by atoms with van der Waals surface area (Å²) in [5, 5.41) is 6.98. The quantitative estimate of drug-likeness (QED) is 0.407. The van der Waals surface area contributed by atoms with Gasteiger partial charge in [0.1, 0.15) is 0 Å². The number of carbonyl (C=O) groups is 1. The van der Waals surface area contributed by atoms with Gasteiger partial charge in [-0.15, -0.1) is 0 Å². The van der Waals surface area contributed by atoms with Gasteiger partial charge in [0, 0.05) is 31.5 Å². The van der Waals surface area contributed by atoms with Gasteiger partial charge in [-0.2, -0.15) is 4.98 Å². The van der Waals surface area contributed by atoms with E-state index in [1.165, 1.54) is 0 Å². The molecule has 166 valence electrons. The average Bonchev–Trinajstić information content (AvgIpc) is 3.44. The zero-order valence-corrected chi connectivity index (χ0v) is 18.5. The minimum Gasteiger partial charge on any atom is -0.339 e. The lowest BCUT2D eigenvalue weighted by Crippen LogP contribution is -2.27. The van der Waals surface area contributed by atoms with Crippen molar-refractivity contribution in [2.45, 2.75) is 33.2 Å². The number of para-hydroxylation sites is 2. The van der Waals surface area contributed by atoms with Gasteiger partial charge in [0.2, 0.25) is 23.6 Å². The molecule has 1 amide bonds. The standard InChI is InChI=1S/C24H28N6O2/c1-3-29(4-2)16-17-30-20-13-9-8-12-19(20)25-24(30)26-21(31)14-15-22-27-23(28-32-22)18-10-6-5-7-11-18/h5-13H,3-4,14-17H2,1-2H3,(H,25,26,31). The van der Waals surface area contributed by atoms with Crippen LogP contribution in [0, 0.1) is 0 Å². The number of fused-ring (bicyclic) bond motifs is 1. The van der Waals surface area contributed by atoms with Crippen LogP contribution in [-0.2, 0) is 17.8 Å². The summed E-state index contributed by atoms with van der Waals surface area (Å²) < 4.78 is 7.39. The van der Waals surface area contributed by atoms with Crippen molar-refractivity contribution in [3.05, 3.63) is 60.5 Å². The van der Waals surface area contributed by atoms with Gasteiger partial charge in [-0.3, -0.25) is 10.1 Å². The first-order valence-corrected chi connectivity index (χ1v) is 11.0. The molecule has 8 heteroatoms. The number of carbonyl (C=O) groups excluding carboxylic acids is 1. The molecule has 0 saturated carbocycles. The van der Waals surface area contributed by atoms with Crippen LogP contribution in [-0.4, -0.2) is 50.1 Å². The molecule has 8 nitrogen and oxygen atoms in total. The molecule has 2 heterocycles. The molecule has 4 rings (SSSR count). The van der Waals surface area contributed by atoms with Crippen LogP contribution in [0.3, 0.4) is 0 Å². The number of rotatable bonds is 10. The average molecular weight is 433 g/mol. The summed E-state index contributed by atoms with van der Waals surface area (Å²) in [6, 6.07) is 17.6. The highest BCUT2D eigenvalue weighted by Gasteiger charge is 2.15. The molecule has 0 radical (unpaired) electrons. The summed E-state index contributed by atoms with van der Waals surface area (Å²) in [5.41, 5.74) is 2.76. The van der Waals surface area contributed by atoms with E-state index in [9.17, 15) is 4.79 Å². The summed E-state index contributed by atoms with van der Waals surface area (Å²) in [4.78, 5) is 24.1. The molecule has 2 aromatic heterocycles. The van der Waals surface area contributed by atoms with E-state index >= 15 is 0 Å². The fourth-order valence-electron chi connectivity index (χ4n) is 3.65. The highest BCUT2D eigenvalue weighted by atomic mass is 16.5. The molecule has 0 aliphatic carbocycles. The number of amides is 1. The van der Waals surface area contributed by atoms with Crippen LogP contribution in [0.15, 0.2) is 59.1 Å². The topological polar surface area (TPSA) is 89.1 Å². The molecule has 0 aliphatic heterocycles. The highest BCUT2D eigenvalue weighted by molar-refractivity contribution is 5.91. The van der Waals surface area contributed by atoms with Crippen molar-refractivity contribution >= 4 is 22.9 Å². The van der Waals surface area contributed by atoms with E-state index in [2.05, 4.69) is 43.8 Å². The SMILES string of the molecule is CCN(CC)CCn1c(NC(=O)CCc2nc(-c3ccccc3)no2)nc2ccccc21. The van der Waals surface area contributed by atoms with E-state index < -0.39 is 0 Å². The van der Waals surface area contributed by atoms with E-state index in [1.807, 2.05) is 54.6 Å². The predicted molar refractivity (Wildman–Crippen MR) is 124 cm³/mol. The molecular formula is C24H28N6O2. The number of aryl methyl sites for hydroxylation is 1. The molecule has 0 spiro atoms. The molecule has 32 heavy (non-hydrogen) atoms. The fraction of sp³-hybridized carbons (Fsp3) is 0.333. The molecule has 0 saturated heterocycles. The lowest BCUT2D eigenvalue weighted by atomic mass is 10.2. The molecule has 2 aromatic carbocycles. The third kappa shape index (κ3) is 5.03. The van der Waals surface area contributed by atoms with Crippen molar-refractivity contribution in [1.82, 2.24) is 24.6 Å².